The van der Waals surface area contributed by atoms with Crippen molar-refractivity contribution in [2.45, 2.75) is 13.0 Å². The van der Waals surface area contributed by atoms with Crippen LogP contribution >= 0.6 is 0 Å². The van der Waals surface area contributed by atoms with Gasteiger partial charge < -0.3 is 15.2 Å². The van der Waals surface area contributed by atoms with E-state index in [1.165, 1.54) is 12.1 Å². The van der Waals surface area contributed by atoms with Gasteiger partial charge in [-0.3, -0.25) is 4.79 Å². The molecule has 0 aliphatic rings. The number of rotatable bonds is 6. The Morgan fingerprint density at radius 1 is 1.19 bits per heavy atom. The first-order chi connectivity index (χ1) is 10.2. The Bertz CT molecular complexity index is 616. The summed E-state index contributed by atoms with van der Waals surface area (Å²) in [5, 5.41) is 11.9. The predicted octanol–water partition coefficient (Wildman–Crippen LogP) is 2.73. The highest BCUT2D eigenvalue weighted by Gasteiger charge is 2.06. The number of ether oxygens (including phenoxy) is 1. The average Bonchev–Trinajstić information content (AvgIpc) is 2.48. The Kier molecular flexibility index (Phi) is 5.29. The molecule has 21 heavy (non-hydrogen) atoms. The molecule has 0 aliphatic carbocycles. The van der Waals surface area contributed by atoms with E-state index in [1.807, 2.05) is 0 Å². The Hall–Kier alpha value is -2.40. The summed E-state index contributed by atoms with van der Waals surface area (Å²) >= 11 is 0. The second-order valence-electron chi connectivity index (χ2n) is 4.42. The van der Waals surface area contributed by atoms with Crippen molar-refractivity contribution in [2.24, 2.45) is 0 Å². The van der Waals surface area contributed by atoms with Crippen LogP contribution in [-0.4, -0.2) is 17.6 Å². The normalized spacial score (nSPS) is 10.2. The summed E-state index contributed by atoms with van der Waals surface area (Å²) in [6.45, 7) is 0.00677. The molecule has 0 aromatic heterocycles. The van der Waals surface area contributed by atoms with Gasteiger partial charge in [-0.15, -0.1) is 0 Å². The molecular formula is C16H16FNO3. The SMILES string of the molecule is O=C(CCOc1cccc(F)c1)Nc1ccccc1CO. The zero-order valence-corrected chi connectivity index (χ0v) is 11.4. The molecule has 2 aromatic carbocycles. The van der Waals surface area contributed by atoms with Gasteiger partial charge in [0, 0.05) is 17.3 Å². The summed E-state index contributed by atoms with van der Waals surface area (Å²) in [4.78, 5) is 11.8. The van der Waals surface area contributed by atoms with Crippen LogP contribution in [0.15, 0.2) is 48.5 Å². The second kappa shape index (κ2) is 7.40. The molecule has 5 heteroatoms. The highest BCUT2D eigenvalue weighted by Crippen LogP contribution is 2.15. The number of carbonyl (C=O) groups is 1. The zero-order chi connectivity index (χ0) is 15.1. The van der Waals surface area contributed by atoms with Gasteiger partial charge in [-0.2, -0.15) is 0 Å². The number of aliphatic hydroxyl groups is 1. The van der Waals surface area contributed by atoms with E-state index >= 15 is 0 Å². The summed E-state index contributed by atoms with van der Waals surface area (Å²) in [7, 11) is 0. The number of para-hydroxylation sites is 1. The molecule has 0 saturated heterocycles. The van der Waals surface area contributed by atoms with Crippen LogP contribution in [0.3, 0.4) is 0 Å². The second-order valence-corrected chi connectivity index (χ2v) is 4.42. The van der Waals surface area contributed by atoms with Crippen molar-refractivity contribution in [1.82, 2.24) is 0 Å². The van der Waals surface area contributed by atoms with Gasteiger partial charge in [-0.05, 0) is 18.2 Å². The van der Waals surface area contributed by atoms with Crippen LogP contribution in [0.2, 0.25) is 0 Å². The first kappa shape index (κ1) is 15.0. The van der Waals surface area contributed by atoms with Gasteiger partial charge in [-0.1, -0.05) is 24.3 Å². The van der Waals surface area contributed by atoms with Gasteiger partial charge in [0.05, 0.1) is 19.6 Å². The van der Waals surface area contributed by atoms with Crippen LogP contribution in [0.25, 0.3) is 0 Å². The number of amides is 1. The van der Waals surface area contributed by atoms with E-state index in [0.29, 0.717) is 17.0 Å². The monoisotopic (exact) mass is 289 g/mol. The van der Waals surface area contributed by atoms with Crippen molar-refractivity contribution in [3.63, 3.8) is 0 Å². The smallest absolute Gasteiger partial charge is 0.227 e. The number of nitrogens with one attached hydrogen (secondary N) is 1. The maximum Gasteiger partial charge on any atom is 0.227 e. The Morgan fingerprint density at radius 3 is 2.76 bits per heavy atom. The Morgan fingerprint density at radius 2 is 2.00 bits per heavy atom. The van der Waals surface area contributed by atoms with E-state index < -0.39 is 0 Å². The molecular weight excluding hydrogens is 273 g/mol. The van der Waals surface area contributed by atoms with Crippen molar-refractivity contribution in [2.75, 3.05) is 11.9 Å². The molecule has 2 N–H and O–H groups in total. The number of carbonyl (C=O) groups excluding carboxylic acids is 1. The first-order valence-corrected chi connectivity index (χ1v) is 6.56. The fraction of sp³-hybridized carbons (Fsp3) is 0.188. The van der Waals surface area contributed by atoms with Crippen LogP contribution in [0.4, 0.5) is 10.1 Å². The van der Waals surface area contributed by atoms with E-state index in [-0.39, 0.29) is 31.4 Å². The van der Waals surface area contributed by atoms with Gasteiger partial charge in [0.2, 0.25) is 5.91 Å². The minimum Gasteiger partial charge on any atom is -0.493 e. The highest BCUT2D eigenvalue weighted by atomic mass is 19.1. The number of benzene rings is 2. The van der Waals surface area contributed by atoms with Gasteiger partial charge in [0.15, 0.2) is 0 Å². The molecule has 0 bridgehead atoms. The summed E-state index contributed by atoms with van der Waals surface area (Å²) in [6.07, 6.45) is 0.135. The van der Waals surface area contributed by atoms with Crippen molar-refractivity contribution < 1.29 is 19.0 Å². The third kappa shape index (κ3) is 4.57. The fourth-order valence-corrected chi connectivity index (χ4v) is 1.81. The van der Waals surface area contributed by atoms with Gasteiger partial charge >= 0.3 is 0 Å². The lowest BCUT2D eigenvalue weighted by Crippen LogP contribution is -2.16. The van der Waals surface area contributed by atoms with E-state index in [9.17, 15) is 14.3 Å². The Labute approximate surface area is 122 Å². The molecule has 0 radical (unpaired) electrons. The largest absolute Gasteiger partial charge is 0.493 e. The molecule has 0 heterocycles. The number of aliphatic hydroxyl groups excluding tert-OH is 1. The van der Waals surface area contributed by atoms with Crippen LogP contribution in [0.5, 0.6) is 5.75 Å². The van der Waals surface area contributed by atoms with Crippen LogP contribution < -0.4 is 10.1 Å². The molecule has 0 saturated carbocycles. The quantitative estimate of drug-likeness (QED) is 0.859. The molecule has 0 spiro atoms. The Balaban J connectivity index is 1.82. The number of hydrogen-bond acceptors (Lipinski definition) is 3. The highest BCUT2D eigenvalue weighted by molar-refractivity contribution is 5.91. The lowest BCUT2D eigenvalue weighted by molar-refractivity contribution is -0.116. The maximum absolute atomic E-state index is 12.9. The van der Waals surface area contributed by atoms with Crippen molar-refractivity contribution in [1.29, 1.82) is 0 Å². The molecule has 1 amide bonds. The summed E-state index contributed by atoms with van der Waals surface area (Å²) < 4.78 is 18.2. The molecule has 0 fully saturated rings. The summed E-state index contributed by atoms with van der Waals surface area (Å²) in [6, 6.07) is 12.8. The van der Waals surface area contributed by atoms with Crippen LogP contribution in [0, 0.1) is 5.82 Å². The van der Waals surface area contributed by atoms with E-state index in [0.717, 1.165) is 0 Å². The van der Waals surface area contributed by atoms with Crippen molar-refractivity contribution >= 4 is 11.6 Å². The topological polar surface area (TPSA) is 58.6 Å². The van der Waals surface area contributed by atoms with Gasteiger partial charge in [0.1, 0.15) is 11.6 Å². The van der Waals surface area contributed by atoms with Crippen LogP contribution in [0.1, 0.15) is 12.0 Å². The molecule has 0 atom stereocenters. The van der Waals surface area contributed by atoms with E-state index in [2.05, 4.69) is 5.32 Å². The molecule has 0 aliphatic heterocycles. The first-order valence-electron chi connectivity index (χ1n) is 6.56. The average molecular weight is 289 g/mol. The minimum absolute atomic E-state index is 0.135. The lowest BCUT2D eigenvalue weighted by Gasteiger charge is -2.10. The summed E-state index contributed by atoms with van der Waals surface area (Å²) in [5.74, 6) is -0.223. The third-order valence-corrected chi connectivity index (χ3v) is 2.86. The standard InChI is InChI=1S/C16H16FNO3/c17-13-5-3-6-14(10-13)21-9-8-16(20)18-15-7-2-1-4-12(15)11-19/h1-7,10,19H,8-9,11H2,(H,18,20). The number of halogens is 1. The summed E-state index contributed by atoms with van der Waals surface area (Å²) in [5.41, 5.74) is 1.23. The van der Waals surface area contributed by atoms with Crippen LogP contribution in [-0.2, 0) is 11.4 Å². The molecule has 110 valence electrons. The van der Waals surface area contributed by atoms with Crippen molar-refractivity contribution in [3.05, 3.63) is 59.9 Å². The maximum atomic E-state index is 12.9. The zero-order valence-electron chi connectivity index (χ0n) is 11.4. The molecule has 2 aromatic rings. The lowest BCUT2D eigenvalue weighted by atomic mass is 10.2. The third-order valence-electron chi connectivity index (χ3n) is 2.86. The van der Waals surface area contributed by atoms with Gasteiger partial charge in [0.25, 0.3) is 0 Å². The fourth-order valence-electron chi connectivity index (χ4n) is 1.81. The molecule has 0 unspecified atom stereocenters. The van der Waals surface area contributed by atoms with Gasteiger partial charge in [-0.25, -0.2) is 4.39 Å². The molecule has 4 nitrogen and oxygen atoms in total. The van der Waals surface area contributed by atoms with Crippen molar-refractivity contribution in [3.8, 4) is 5.75 Å². The predicted molar refractivity (Wildman–Crippen MR) is 77.5 cm³/mol. The number of anilines is 1. The number of hydrogen-bond donors (Lipinski definition) is 2. The molecule has 2 rings (SSSR count). The van der Waals surface area contributed by atoms with E-state index in [1.54, 1.807) is 36.4 Å². The minimum atomic E-state index is -0.381. The van der Waals surface area contributed by atoms with E-state index in [4.69, 9.17) is 4.74 Å².